The maximum atomic E-state index is 12.9. The van der Waals surface area contributed by atoms with E-state index in [0.717, 1.165) is 36.1 Å². The summed E-state index contributed by atoms with van der Waals surface area (Å²) in [5, 5.41) is 0. The van der Waals surface area contributed by atoms with Gasteiger partial charge in [-0.1, -0.05) is 54.6 Å². The van der Waals surface area contributed by atoms with Gasteiger partial charge in [0.15, 0.2) is 0 Å². The van der Waals surface area contributed by atoms with Crippen LogP contribution in [0.5, 0.6) is 0 Å². The van der Waals surface area contributed by atoms with Crippen LogP contribution in [0.4, 0.5) is 0 Å². The number of nitrogens with zero attached hydrogens (tertiary/aromatic N) is 1. The molecule has 1 unspecified atom stereocenters. The first-order valence-corrected chi connectivity index (χ1v) is 9.76. The highest BCUT2D eigenvalue weighted by Gasteiger charge is 2.23. The van der Waals surface area contributed by atoms with Gasteiger partial charge in [-0.3, -0.25) is 9.59 Å². The lowest BCUT2D eigenvalue weighted by atomic mass is 10.0. The number of rotatable bonds is 8. The van der Waals surface area contributed by atoms with E-state index in [1.807, 2.05) is 42.5 Å². The highest BCUT2D eigenvalue weighted by atomic mass is 16.5. The molecule has 1 amide bonds. The van der Waals surface area contributed by atoms with Gasteiger partial charge in [0.1, 0.15) is 0 Å². The number of esters is 1. The van der Waals surface area contributed by atoms with E-state index in [-0.39, 0.29) is 24.4 Å². The van der Waals surface area contributed by atoms with Gasteiger partial charge < -0.3 is 14.4 Å². The first-order chi connectivity index (χ1) is 13.7. The van der Waals surface area contributed by atoms with Crippen LogP contribution in [0.2, 0.25) is 0 Å². The molecule has 5 heteroatoms. The second-order valence-electron chi connectivity index (χ2n) is 7.04. The van der Waals surface area contributed by atoms with Crippen LogP contribution in [-0.2, 0) is 25.5 Å². The molecule has 0 bridgehead atoms. The lowest BCUT2D eigenvalue weighted by molar-refractivity contribution is -0.142. The minimum atomic E-state index is -0.308. The van der Waals surface area contributed by atoms with Crippen molar-refractivity contribution in [1.82, 2.24) is 4.90 Å². The summed E-state index contributed by atoms with van der Waals surface area (Å²) in [7, 11) is 1.36. The molecule has 28 heavy (non-hydrogen) atoms. The van der Waals surface area contributed by atoms with Crippen LogP contribution in [-0.4, -0.2) is 49.7 Å². The van der Waals surface area contributed by atoms with E-state index in [9.17, 15) is 9.59 Å². The fourth-order valence-corrected chi connectivity index (χ4v) is 3.41. The Balaban J connectivity index is 1.63. The standard InChI is InChI=1S/C23H27NO4/c1-27-23(26)13-14-24(17-21-8-5-15-28-21)22(25)16-18-9-11-20(12-10-18)19-6-3-2-4-7-19/h2-4,6-7,9-12,21H,5,8,13-17H2,1H3. The number of ether oxygens (including phenoxy) is 2. The summed E-state index contributed by atoms with van der Waals surface area (Å²) in [6.07, 6.45) is 2.53. The summed E-state index contributed by atoms with van der Waals surface area (Å²) >= 11 is 0. The van der Waals surface area contributed by atoms with Crippen molar-refractivity contribution < 1.29 is 19.1 Å². The summed E-state index contributed by atoms with van der Waals surface area (Å²) in [6, 6.07) is 18.2. The molecule has 1 aliphatic heterocycles. The Kier molecular flexibility index (Phi) is 7.20. The van der Waals surface area contributed by atoms with Crippen molar-refractivity contribution >= 4 is 11.9 Å². The van der Waals surface area contributed by atoms with Crippen molar-refractivity contribution in [3.63, 3.8) is 0 Å². The zero-order chi connectivity index (χ0) is 19.8. The molecular weight excluding hydrogens is 354 g/mol. The Morgan fingerprint density at radius 3 is 2.43 bits per heavy atom. The SMILES string of the molecule is COC(=O)CCN(CC1CCCO1)C(=O)Cc1ccc(-c2ccccc2)cc1. The Bertz CT molecular complexity index is 767. The maximum absolute atomic E-state index is 12.9. The fourth-order valence-electron chi connectivity index (χ4n) is 3.41. The summed E-state index contributed by atoms with van der Waals surface area (Å²) in [4.78, 5) is 26.1. The summed E-state index contributed by atoms with van der Waals surface area (Å²) < 4.78 is 10.4. The predicted octanol–water partition coefficient (Wildman–Crippen LogP) is 3.47. The second-order valence-corrected chi connectivity index (χ2v) is 7.04. The molecule has 1 heterocycles. The van der Waals surface area contributed by atoms with Gasteiger partial charge in [0, 0.05) is 19.7 Å². The van der Waals surface area contributed by atoms with Gasteiger partial charge >= 0.3 is 5.97 Å². The molecule has 148 valence electrons. The molecule has 1 fully saturated rings. The molecule has 0 N–H and O–H groups in total. The lowest BCUT2D eigenvalue weighted by Gasteiger charge is -2.25. The van der Waals surface area contributed by atoms with Gasteiger partial charge in [-0.15, -0.1) is 0 Å². The van der Waals surface area contributed by atoms with Crippen molar-refractivity contribution in [2.24, 2.45) is 0 Å². The average Bonchev–Trinajstić information content (AvgIpc) is 3.25. The third-order valence-electron chi connectivity index (χ3n) is 5.03. The van der Waals surface area contributed by atoms with Crippen LogP contribution in [0.15, 0.2) is 54.6 Å². The van der Waals surface area contributed by atoms with Crippen LogP contribution in [0.3, 0.4) is 0 Å². The zero-order valence-electron chi connectivity index (χ0n) is 16.3. The van der Waals surface area contributed by atoms with E-state index in [1.54, 1.807) is 4.90 Å². The van der Waals surface area contributed by atoms with Gasteiger partial charge in [-0.2, -0.15) is 0 Å². The Morgan fingerprint density at radius 1 is 1.07 bits per heavy atom. The van der Waals surface area contributed by atoms with Crippen molar-refractivity contribution in [3.05, 3.63) is 60.2 Å². The van der Waals surface area contributed by atoms with E-state index in [0.29, 0.717) is 19.5 Å². The second kappa shape index (κ2) is 10.0. The number of carbonyl (C=O) groups is 2. The molecule has 0 aliphatic carbocycles. The smallest absolute Gasteiger partial charge is 0.307 e. The van der Waals surface area contributed by atoms with Crippen LogP contribution in [0, 0.1) is 0 Å². The molecule has 2 aromatic carbocycles. The largest absolute Gasteiger partial charge is 0.469 e. The summed E-state index contributed by atoms with van der Waals surface area (Å²) in [6.45, 7) is 1.62. The van der Waals surface area contributed by atoms with Gasteiger partial charge in [0.25, 0.3) is 0 Å². The highest BCUT2D eigenvalue weighted by Crippen LogP contribution is 2.20. The summed E-state index contributed by atoms with van der Waals surface area (Å²) in [5.74, 6) is -0.302. The number of hydrogen-bond donors (Lipinski definition) is 0. The molecule has 0 radical (unpaired) electrons. The van der Waals surface area contributed by atoms with E-state index in [1.165, 1.54) is 7.11 Å². The molecule has 1 atom stereocenters. The molecule has 0 aromatic heterocycles. The molecule has 2 aromatic rings. The van der Waals surface area contributed by atoms with Crippen LogP contribution >= 0.6 is 0 Å². The van der Waals surface area contributed by atoms with E-state index >= 15 is 0 Å². The first-order valence-electron chi connectivity index (χ1n) is 9.76. The van der Waals surface area contributed by atoms with Gasteiger partial charge in [-0.05, 0) is 29.5 Å². The average molecular weight is 381 g/mol. The normalized spacial score (nSPS) is 16.0. The molecular formula is C23H27NO4. The molecule has 0 spiro atoms. The fraction of sp³-hybridized carbons (Fsp3) is 0.391. The molecule has 1 aliphatic rings. The maximum Gasteiger partial charge on any atom is 0.307 e. The topological polar surface area (TPSA) is 55.8 Å². The first kappa shape index (κ1) is 20.1. The Hall–Kier alpha value is -2.66. The molecule has 3 rings (SSSR count). The van der Waals surface area contributed by atoms with Crippen LogP contribution in [0.1, 0.15) is 24.8 Å². The van der Waals surface area contributed by atoms with Crippen LogP contribution in [0.25, 0.3) is 11.1 Å². The Morgan fingerprint density at radius 2 is 1.79 bits per heavy atom. The number of carbonyl (C=O) groups excluding carboxylic acids is 2. The van der Waals surface area contributed by atoms with Gasteiger partial charge in [-0.25, -0.2) is 0 Å². The number of methoxy groups -OCH3 is 1. The highest BCUT2D eigenvalue weighted by molar-refractivity contribution is 5.80. The van der Waals surface area contributed by atoms with Crippen molar-refractivity contribution in [3.8, 4) is 11.1 Å². The number of hydrogen-bond acceptors (Lipinski definition) is 4. The molecule has 5 nitrogen and oxygen atoms in total. The van der Waals surface area contributed by atoms with Crippen molar-refractivity contribution in [1.29, 1.82) is 0 Å². The predicted molar refractivity (Wildman–Crippen MR) is 108 cm³/mol. The number of benzene rings is 2. The zero-order valence-corrected chi connectivity index (χ0v) is 16.3. The lowest BCUT2D eigenvalue weighted by Crippen LogP contribution is -2.39. The van der Waals surface area contributed by atoms with Crippen molar-refractivity contribution in [2.75, 3.05) is 26.8 Å². The molecule has 1 saturated heterocycles. The number of amides is 1. The minimum absolute atomic E-state index is 0.00636. The van der Waals surface area contributed by atoms with E-state index < -0.39 is 0 Å². The third-order valence-corrected chi connectivity index (χ3v) is 5.03. The summed E-state index contributed by atoms with van der Waals surface area (Å²) in [5.41, 5.74) is 3.23. The van der Waals surface area contributed by atoms with Gasteiger partial charge in [0.05, 0.1) is 26.1 Å². The van der Waals surface area contributed by atoms with E-state index in [4.69, 9.17) is 9.47 Å². The van der Waals surface area contributed by atoms with Crippen molar-refractivity contribution in [2.45, 2.75) is 31.8 Å². The molecule has 0 saturated carbocycles. The Labute approximate surface area is 166 Å². The third kappa shape index (κ3) is 5.67. The van der Waals surface area contributed by atoms with Gasteiger partial charge in [0.2, 0.25) is 5.91 Å². The minimum Gasteiger partial charge on any atom is -0.469 e. The quantitative estimate of drug-likeness (QED) is 0.657. The van der Waals surface area contributed by atoms with Crippen LogP contribution < -0.4 is 0 Å². The van der Waals surface area contributed by atoms with E-state index in [2.05, 4.69) is 12.1 Å². The monoisotopic (exact) mass is 381 g/mol.